The summed E-state index contributed by atoms with van der Waals surface area (Å²) in [4.78, 5) is 4.93. The van der Waals surface area contributed by atoms with Crippen LogP contribution in [0.4, 0.5) is 0 Å². The highest BCUT2D eigenvalue weighted by atomic mass is 79.9. The van der Waals surface area contributed by atoms with E-state index in [0.29, 0.717) is 0 Å². The maximum Gasteiger partial charge on any atom is 0.220 e. The molecule has 0 amide bonds. The molecule has 0 unspecified atom stereocenters. The highest BCUT2D eigenvalue weighted by Crippen LogP contribution is 2.34. The summed E-state index contributed by atoms with van der Waals surface area (Å²) in [6.07, 6.45) is 0. The van der Waals surface area contributed by atoms with Gasteiger partial charge in [0.25, 0.3) is 0 Å². The van der Waals surface area contributed by atoms with Gasteiger partial charge in [-0.3, -0.25) is 8.97 Å². The summed E-state index contributed by atoms with van der Waals surface area (Å²) in [5.41, 5.74) is 5.21. The van der Waals surface area contributed by atoms with Crippen LogP contribution in [-0.2, 0) is 0 Å². The zero-order valence-electron chi connectivity index (χ0n) is 13.5. The van der Waals surface area contributed by atoms with Crippen LogP contribution in [0, 0.1) is 0 Å². The quantitative estimate of drug-likeness (QED) is 0.413. The predicted molar refractivity (Wildman–Crippen MR) is 104 cm³/mol. The van der Waals surface area contributed by atoms with E-state index in [-0.39, 0.29) is 0 Å². The van der Waals surface area contributed by atoms with Gasteiger partial charge in [-0.05, 0) is 52.3 Å². The Morgan fingerprint density at radius 3 is 2.40 bits per heavy atom. The lowest BCUT2D eigenvalue weighted by Gasteiger charge is -2.10. The predicted octanol–water partition coefficient (Wildman–Crippen LogP) is 5.20. The molecule has 25 heavy (non-hydrogen) atoms. The molecule has 0 aliphatic heterocycles. The largest absolute Gasteiger partial charge is 0.495 e. The van der Waals surface area contributed by atoms with E-state index < -0.39 is 0 Å². The molecule has 2 heterocycles. The molecule has 5 rings (SSSR count). The van der Waals surface area contributed by atoms with E-state index in [1.807, 2.05) is 36.4 Å². The minimum atomic E-state index is 0.817. The van der Waals surface area contributed by atoms with Crippen molar-refractivity contribution in [2.75, 3.05) is 7.11 Å². The zero-order chi connectivity index (χ0) is 17.0. The summed E-state index contributed by atoms with van der Waals surface area (Å²) in [6, 6.07) is 22.5. The zero-order valence-corrected chi connectivity index (χ0v) is 15.1. The van der Waals surface area contributed by atoms with Gasteiger partial charge in [0, 0.05) is 4.47 Å². The van der Waals surface area contributed by atoms with Gasteiger partial charge in [0.2, 0.25) is 5.78 Å². The first-order valence-corrected chi connectivity index (χ1v) is 8.78. The van der Waals surface area contributed by atoms with Gasteiger partial charge in [0.05, 0.1) is 29.3 Å². The summed E-state index contributed by atoms with van der Waals surface area (Å²) < 4.78 is 10.9. The summed E-state index contributed by atoms with van der Waals surface area (Å²) in [6.45, 7) is 0. The van der Waals surface area contributed by atoms with Crippen molar-refractivity contribution >= 4 is 43.8 Å². The van der Waals surface area contributed by atoms with Crippen LogP contribution in [0.25, 0.3) is 33.5 Å². The van der Waals surface area contributed by atoms with Crippen molar-refractivity contribution in [3.8, 4) is 11.4 Å². The van der Waals surface area contributed by atoms with Gasteiger partial charge in [-0.2, -0.15) is 0 Å². The molecule has 0 fully saturated rings. The second-order valence-electron chi connectivity index (χ2n) is 5.85. The number of benzene rings is 3. The van der Waals surface area contributed by atoms with Crippen LogP contribution in [0.2, 0.25) is 0 Å². The summed E-state index contributed by atoms with van der Waals surface area (Å²) >= 11 is 3.62. The van der Waals surface area contributed by atoms with Gasteiger partial charge >= 0.3 is 0 Å². The van der Waals surface area contributed by atoms with Crippen LogP contribution in [0.5, 0.6) is 5.75 Å². The fraction of sp³-hybridized carbons (Fsp3) is 0.0500. The molecular formula is C20H14BrN3O. The SMILES string of the molecule is COc1ccccc1-n1c2ccccc2n2c3cccc(Br)c3nc12. The minimum absolute atomic E-state index is 0.817. The number of rotatable bonds is 2. The van der Waals surface area contributed by atoms with Crippen LogP contribution in [0.1, 0.15) is 0 Å². The molecule has 5 aromatic rings. The topological polar surface area (TPSA) is 31.5 Å². The molecular weight excluding hydrogens is 378 g/mol. The highest BCUT2D eigenvalue weighted by Gasteiger charge is 2.19. The van der Waals surface area contributed by atoms with E-state index in [2.05, 4.69) is 55.2 Å². The number of hydrogen-bond acceptors (Lipinski definition) is 2. The van der Waals surface area contributed by atoms with Gasteiger partial charge in [0.15, 0.2) is 0 Å². The molecule has 0 aliphatic carbocycles. The third-order valence-corrected chi connectivity index (χ3v) is 5.15. The third-order valence-electron chi connectivity index (χ3n) is 4.51. The van der Waals surface area contributed by atoms with Crippen molar-refractivity contribution in [1.82, 2.24) is 14.0 Å². The number of para-hydroxylation sites is 5. The van der Waals surface area contributed by atoms with Crippen LogP contribution in [0.15, 0.2) is 71.2 Å². The van der Waals surface area contributed by atoms with Crippen LogP contribution in [-0.4, -0.2) is 21.1 Å². The minimum Gasteiger partial charge on any atom is -0.495 e. The van der Waals surface area contributed by atoms with Crippen molar-refractivity contribution in [2.24, 2.45) is 0 Å². The molecule has 2 aromatic heterocycles. The normalized spacial score (nSPS) is 11.6. The first-order chi connectivity index (χ1) is 12.3. The number of methoxy groups -OCH3 is 1. The van der Waals surface area contributed by atoms with Crippen molar-refractivity contribution < 1.29 is 4.74 Å². The molecule has 0 radical (unpaired) electrons. The molecule has 0 atom stereocenters. The Morgan fingerprint density at radius 1 is 0.840 bits per heavy atom. The Kier molecular flexibility index (Phi) is 3.12. The fourth-order valence-electron chi connectivity index (χ4n) is 3.44. The average Bonchev–Trinajstić information content (AvgIpc) is 3.17. The van der Waals surface area contributed by atoms with Crippen molar-refractivity contribution in [3.05, 3.63) is 71.2 Å². The Balaban J connectivity index is 2.04. The highest BCUT2D eigenvalue weighted by molar-refractivity contribution is 9.10. The molecule has 122 valence electrons. The Labute approximate surface area is 152 Å². The van der Waals surface area contributed by atoms with Crippen LogP contribution >= 0.6 is 15.9 Å². The van der Waals surface area contributed by atoms with Crippen molar-refractivity contribution in [3.63, 3.8) is 0 Å². The molecule has 0 saturated heterocycles. The Bertz CT molecular complexity index is 1250. The van der Waals surface area contributed by atoms with E-state index in [1.165, 1.54) is 0 Å². The van der Waals surface area contributed by atoms with Gasteiger partial charge in [-0.15, -0.1) is 0 Å². The Morgan fingerprint density at radius 2 is 1.56 bits per heavy atom. The lowest BCUT2D eigenvalue weighted by atomic mass is 10.2. The number of halogens is 1. The first kappa shape index (κ1) is 14.5. The summed E-state index contributed by atoms with van der Waals surface area (Å²) in [5, 5.41) is 0. The molecule has 5 heteroatoms. The van der Waals surface area contributed by atoms with Gasteiger partial charge in [-0.1, -0.05) is 30.3 Å². The first-order valence-electron chi connectivity index (χ1n) is 7.99. The van der Waals surface area contributed by atoms with E-state index in [4.69, 9.17) is 9.72 Å². The number of imidazole rings is 2. The number of aromatic nitrogens is 3. The maximum absolute atomic E-state index is 5.60. The summed E-state index contributed by atoms with van der Waals surface area (Å²) in [7, 11) is 1.69. The number of hydrogen-bond donors (Lipinski definition) is 0. The number of fused-ring (bicyclic) bond motifs is 5. The number of nitrogens with zero attached hydrogens (tertiary/aromatic N) is 3. The molecule has 0 aliphatic rings. The fourth-order valence-corrected chi connectivity index (χ4v) is 3.89. The summed E-state index contributed by atoms with van der Waals surface area (Å²) in [5.74, 6) is 1.68. The molecule has 0 spiro atoms. The van der Waals surface area contributed by atoms with E-state index in [0.717, 1.165) is 43.8 Å². The second-order valence-corrected chi connectivity index (χ2v) is 6.71. The molecule has 4 nitrogen and oxygen atoms in total. The number of ether oxygens (including phenoxy) is 1. The maximum atomic E-state index is 5.60. The third kappa shape index (κ3) is 1.96. The van der Waals surface area contributed by atoms with Crippen molar-refractivity contribution in [2.45, 2.75) is 0 Å². The molecule has 0 N–H and O–H groups in total. The molecule has 0 bridgehead atoms. The van der Waals surface area contributed by atoms with Gasteiger partial charge in [0.1, 0.15) is 11.3 Å². The smallest absolute Gasteiger partial charge is 0.220 e. The Hall–Kier alpha value is -2.79. The van der Waals surface area contributed by atoms with Crippen LogP contribution in [0.3, 0.4) is 0 Å². The van der Waals surface area contributed by atoms with Crippen molar-refractivity contribution in [1.29, 1.82) is 0 Å². The van der Waals surface area contributed by atoms with E-state index >= 15 is 0 Å². The molecule has 3 aromatic carbocycles. The van der Waals surface area contributed by atoms with Crippen LogP contribution < -0.4 is 4.74 Å². The lowest BCUT2D eigenvalue weighted by Crippen LogP contribution is -1.98. The lowest BCUT2D eigenvalue weighted by molar-refractivity contribution is 0.413. The standard InChI is InChI=1S/C20H14BrN3O/c1-25-18-12-5-4-10-16(18)23-14-8-2-3-9-15(14)24-17-11-6-7-13(21)19(17)22-20(23)24/h2-12H,1H3. The second kappa shape index (κ2) is 5.36. The van der Waals surface area contributed by atoms with E-state index in [9.17, 15) is 0 Å². The van der Waals surface area contributed by atoms with Gasteiger partial charge in [-0.25, -0.2) is 4.98 Å². The molecule has 0 saturated carbocycles. The van der Waals surface area contributed by atoms with E-state index in [1.54, 1.807) is 7.11 Å². The average molecular weight is 392 g/mol. The van der Waals surface area contributed by atoms with Gasteiger partial charge < -0.3 is 4.74 Å². The monoisotopic (exact) mass is 391 g/mol.